The van der Waals surface area contributed by atoms with E-state index in [0.29, 0.717) is 19.4 Å². The zero-order valence-corrected chi connectivity index (χ0v) is 14.0. The van der Waals surface area contributed by atoms with Gasteiger partial charge in [-0.3, -0.25) is 9.98 Å². The van der Waals surface area contributed by atoms with Crippen molar-refractivity contribution in [2.75, 3.05) is 33.2 Å². The molecular weight excluding hydrogens is 318 g/mol. The average molecular weight is 341 g/mol. The van der Waals surface area contributed by atoms with Crippen LogP contribution in [0.5, 0.6) is 0 Å². The zero-order valence-electron chi connectivity index (χ0n) is 13.1. The van der Waals surface area contributed by atoms with Crippen molar-refractivity contribution in [1.82, 2.24) is 19.9 Å². The Morgan fingerprint density at radius 3 is 2.78 bits per heavy atom. The van der Waals surface area contributed by atoms with Gasteiger partial charge in [-0.05, 0) is 25.0 Å². The van der Waals surface area contributed by atoms with E-state index in [9.17, 15) is 13.5 Å². The van der Waals surface area contributed by atoms with Gasteiger partial charge in [0.1, 0.15) is 4.90 Å². The highest BCUT2D eigenvalue weighted by atomic mass is 32.2. The van der Waals surface area contributed by atoms with Gasteiger partial charge in [0, 0.05) is 45.6 Å². The Bertz CT molecular complexity index is 613. The van der Waals surface area contributed by atoms with Crippen LogP contribution >= 0.6 is 0 Å². The normalized spacial score (nSPS) is 17.3. The molecule has 2 heterocycles. The minimum Gasteiger partial charge on any atom is -0.393 e. The van der Waals surface area contributed by atoms with Gasteiger partial charge in [-0.25, -0.2) is 13.1 Å². The van der Waals surface area contributed by atoms with Crippen molar-refractivity contribution in [3.8, 4) is 0 Å². The maximum absolute atomic E-state index is 12.0. The highest BCUT2D eigenvalue weighted by Crippen LogP contribution is 2.09. The van der Waals surface area contributed by atoms with E-state index in [4.69, 9.17) is 0 Å². The Labute approximate surface area is 136 Å². The largest absolute Gasteiger partial charge is 0.393 e. The summed E-state index contributed by atoms with van der Waals surface area (Å²) < 4.78 is 26.6. The van der Waals surface area contributed by atoms with Crippen molar-refractivity contribution in [2.24, 2.45) is 4.99 Å². The van der Waals surface area contributed by atoms with Gasteiger partial charge < -0.3 is 15.3 Å². The second-order valence-corrected chi connectivity index (χ2v) is 7.05. The first-order chi connectivity index (χ1) is 11.0. The average Bonchev–Trinajstić information content (AvgIpc) is 2.57. The number of sulfonamides is 1. The molecule has 0 bridgehead atoms. The van der Waals surface area contributed by atoms with Crippen molar-refractivity contribution >= 4 is 16.0 Å². The molecule has 0 atom stereocenters. The van der Waals surface area contributed by atoms with Crippen LogP contribution in [0, 0.1) is 0 Å². The van der Waals surface area contributed by atoms with E-state index in [2.05, 4.69) is 24.9 Å². The van der Waals surface area contributed by atoms with Gasteiger partial charge in [0.15, 0.2) is 5.96 Å². The number of aliphatic hydroxyl groups is 1. The van der Waals surface area contributed by atoms with Crippen LogP contribution < -0.4 is 10.0 Å². The quantitative estimate of drug-likeness (QED) is 0.375. The molecule has 1 aromatic heterocycles. The number of nitrogens with zero attached hydrogens (tertiary/aromatic N) is 3. The zero-order chi connectivity index (χ0) is 16.7. The summed E-state index contributed by atoms with van der Waals surface area (Å²) in [5, 5.41) is 12.7. The minimum atomic E-state index is -3.54. The number of aromatic nitrogens is 1. The molecule has 2 rings (SSSR count). The number of aliphatic imine (C=N–C) groups is 1. The Morgan fingerprint density at radius 2 is 2.17 bits per heavy atom. The van der Waals surface area contributed by atoms with Gasteiger partial charge in [-0.15, -0.1) is 0 Å². The van der Waals surface area contributed by atoms with Gasteiger partial charge in [-0.1, -0.05) is 0 Å². The lowest BCUT2D eigenvalue weighted by molar-refractivity contribution is 0.108. The molecule has 8 nitrogen and oxygen atoms in total. The molecule has 1 fully saturated rings. The number of hydrogen-bond acceptors (Lipinski definition) is 5. The molecule has 1 aliphatic heterocycles. The number of hydrogen-bond donors (Lipinski definition) is 3. The molecule has 3 N–H and O–H groups in total. The molecular formula is C14H23N5O3S. The number of pyridine rings is 1. The van der Waals surface area contributed by atoms with Gasteiger partial charge in [0.2, 0.25) is 10.0 Å². The number of likely N-dealkylation sites (tertiary alicyclic amines) is 1. The molecule has 0 aromatic carbocycles. The molecule has 1 saturated heterocycles. The molecule has 0 unspecified atom stereocenters. The minimum absolute atomic E-state index is 0.148. The second kappa shape index (κ2) is 8.23. The van der Waals surface area contributed by atoms with Crippen molar-refractivity contribution in [3.63, 3.8) is 0 Å². The molecule has 128 valence electrons. The van der Waals surface area contributed by atoms with E-state index >= 15 is 0 Å². The summed E-state index contributed by atoms with van der Waals surface area (Å²) in [6, 6.07) is 3.08. The van der Waals surface area contributed by atoms with Gasteiger partial charge in [0.05, 0.1) is 6.10 Å². The standard InChI is InChI=1S/C14H23N5O3S/c1-15-14(19-9-4-12(20)5-10-19)17-7-8-18-23(21,22)13-3-2-6-16-11-13/h2-3,6,11-12,18,20H,4-5,7-10H2,1H3,(H,15,17). The van der Waals surface area contributed by atoms with E-state index in [1.54, 1.807) is 13.1 Å². The number of piperidine rings is 1. The first-order valence-electron chi connectivity index (χ1n) is 7.56. The van der Waals surface area contributed by atoms with Crippen LogP contribution in [-0.2, 0) is 10.0 Å². The molecule has 0 aliphatic carbocycles. The summed E-state index contributed by atoms with van der Waals surface area (Å²) in [7, 11) is -1.85. The third kappa shape index (κ3) is 5.15. The smallest absolute Gasteiger partial charge is 0.242 e. The summed E-state index contributed by atoms with van der Waals surface area (Å²) in [5.41, 5.74) is 0. The van der Waals surface area contributed by atoms with Crippen LogP contribution in [0.15, 0.2) is 34.4 Å². The SMILES string of the molecule is CN=C(NCCNS(=O)(=O)c1cccnc1)N1CCC(O)CC1. The molecule has 0 amide bonds. The monoisotopic (exact) mass is 341 g/mol. The highest BCUT2D eigenvalue weighted by Gasteiger charge is 2.19. The summed E-state index contributed by atoms with van der Waals surface area (Å²) in [5.74, 6) is 0.720. The maximum atomic E-state index is 12.0. The van der Waals surface area contributed by atoms with E-state index in [1.807, 2.05) is 0 Å². The lowest BCUT2D eigenvalue weighted by atomic mass is 10.1. The van der Waals surface area contributed by atoms with E-state index < -0.39 is 10.0 Å². The first kappa shape index (κ1) is 17.6. The summed E-state index contributed by atoms with van der Waals surface area (Å²) in [6.07, 6.45) is 4.03. The topological polar surface area (TPSA) is 107 Å². The lowest BCUT2D eigenvalue weighted by Gasteiger charge is -2.32. The highest BCUT2D eigenvalue weighted by molar-refractivity contribution is 7.89. The Balaban J connectivity index is 1.78. The molecule has 0 radical (unpaired) electrons. The summed E-state index contributed by atoms with van der Waals surface area (Å²) in [4.78, 5) is 10.2. The third-order valence-electron chi connectivity index (χ3n) is 3.62. The molecule has 1 aromatic rings. The van der Waals surface area contributed by atoms with Crippen LogP contribution in [0.2, 0.25) is 0 Å². The fourth-order valence-corrected chi connectivity index (χ4v) is 3.35. The molecule has 9 heteroatoms. The van der Waals surface area contributed by atoms with Crippen LogP contribution in [0.4, 0.5) is 0 Å². The van der Waals surface area contributed by atoms with Crippen LogP contribution in [0.25, 0.3) is 0 Å². The lowest BCUT2D eigenvalue weighted by Crippen LogP contribution is -2.48. The summed E-state index contributed by atoms with van der Waals surface area (Å²) in [6.45, 7) is 2.14. The van der Waals surface area contributed by atoms with Crippen molar-refractivity contribution < 1.29 is 13.5 Å². The number of nitrogens with one attached hydrogen (secondary N) is 2. The van der Waals surface area contributed by atoms with Gasteiger partial charge in [-0.2, -0.15) is 0 Å². The third-order valence-corrected chi connectivity index (χ3v) is 5.07. The fraction of sp³-hybridized carbons (Fsp3) is 0.571. The Hall–Kier alpha value is -1.71. The molecule has 0 saturated carbocycles. The molecule has 0 spiro atoms. The van der Waals surface area contributed by atoms with E-state index in [0.717, 1.165) is 19.0 Å². The van der Waals surface area contributed by atoms with Gasteiger partial charge >= 0.3 is 0 Å². The van der Waals surface area contributed by atoms with E-state index in [-0.39, 0.29) is 17.5 Å². The van der Waals surface area contributed by atoms with Crippen LogP contribution in [-0.4, -0.2) is 68.7 Å². The molecule has 1 aliphatic rings. The number of rotatable bonds is 5. The van der Waals surface area contributed by atoms with Gasteiger partial charge in [0.25, 0.3) is 0 Å². The second-order valence-electron chi connectivity index (χ2n) is 5.28. The van der Waals surface area contributed by atoms with Crippen molar-refractivity contribution in [1.29, 1.82) is 0 Å². The number of guanidine groups is 1. The predicted molar refractivity (Wildman–Crippen MR) is 87.6 cm³/mol. The predicted octanol–water partition coefficient (Wildman–Crippen LogP) is -0.608. The van der Waals surface area contributed by atoms with Crippen molar-refractivity contribution in [2.45, 2.75) is 23.8 Å². The fourth-order valence-electron chi connectivity index (χ4n) is 2.36. The Kier molecular flexibility index (Phi) is 6.31. The Morgan fingerprint density at radius 1 is 1.43 bits per heavy atom. The maximum Gasteiger partial charge on any atom is 0.242 e. The van der Waals surface area contributed by atoms with E-state index in [1.165, 1.54) is 18.5 Å². The van der Waals surface area contributed by atoms with Crippen molar-refractivity contribution in [3.05, 3.63) is 24.5 Å². The van der Waals surface area contributed by atoms with Crippen LogP contribution in [0.3, 0.4) is 0 Å². The van der Waals surface area contributed by atoms with Crippen LogP contribution in [0.1, 0.15) is 12.8 Å². The molecule has 23 heavy (non-hydrogen) atoms. The first-order valence-corrected chi connectivity index (χ1v) is 9.04. The summed E-state index contributed by atoms with van der Waals surface area (Å²) >= 11 is 0. The number of aliphatic hydroxyl groups excluding tert-OH is 1.